The quantitative estimate of drug-likeness (QED) is 0.384. The summed E-state index contributed by atoms with van der Waals surface area (Å²) in [6, 6.07) is 18.8. The van der Waals surface area contributed by atoms with Gasteiger partial charge in [0.15, 0.2) is 12.2 Å². The molecule has 5 rings (SSSR count). The number of hydrogen-bond donors (Lipinski definition) is 3. The molecule has 2 unspecified atom stereocenters. The van der Waals surface area contributed by atoms with Gasteiger partial charge < -0.3 is 20.4 Å². The number of aliphatic hydroxyl groups is 2. The van der Waals surface area contributed by atoms with Crippen LogP contribution in [-0.2, 0) is 22.7 Å². The highest BCUT2D eigenvalue weighted by molar-refractivity contribution is 7.13. The third-order valence-electron chi connectivity index (χ3n) is 7.27. The Bertz CT molecular complexity index is 1310. The van der Waals surface area contributed by atoms with Crippen LogP contribution in [0.2, 0.25) is 0 Å². The first kappa shape index (κ1) is 26.3. The number of nitrogens with one attached hydrogen (secondary N) is 1. The number of fused-ring (bicyclic) bond motifs is 1. The standard InChI is InChI=1S/C30H31FN2O4S/c31-23-7-3-5-20(15-23)16-25-24-8-2-1-6-22(24)18-33(25)30(37)28(35)27(34)29(36)32-17-19-10-12-21(13-11-19)26-9-4-14-38-26/h1-2,4,6,8-14,16,23,25,27-28,34-35H,3,5,7,15,17-18H2,(H,32,36)/t23?,25?,27-,28-/m1/s1. The predicted octanol–water partition coefficient (Wildman–Crippen LogP) is 4.68. The number of alkyl halides is 1. The Morgan fingerprint density at radius 1 is 1.08 bits per heavy atom. The summed E-state index contributed by atoms with van der Waals surface area (Å²) in [5.41, 5.74) is 4.68. The third kappa shape index (κ3) is 5.72. The number of nitrogens with zero attached hydrogens (tertiary/aromatic N) is 1. The summed E-state index contributed by atoms with van der Waals surface area (Å²) in [7, 11) is 0. The van der Waals surface area contributed by atoms with Gasteiger partial charge in [0.2, 0.25) is 0 Å². The van der Waals surface area contributed by atoms with Gasteiger partial charge in [-0.2, -0.15) is 0 Å². The van der Waals surface area contributed by atoms with Crippen molar-refractivity contribution < 1.29 is 24.2 Å². The molecule has 2 aromatic carbocycles. The molecular weight excluding hydrogens is 503 g/mol. The summed E-state index contributed by atoms with van der Waals surface area (Å²) < 4.78 is 14.0. The van der Waals surface area contributed by atoms with Gasteiger partial charge in [0.25, 0.3) is 11.8 Å². The molecule has 1 aromatic heterocycles. The molecule has 0 radical (unpaired) electrons. The smallest absolute Gasteiger partial charge is 0.255 e. The van der Waals surface area contributed by atoms with E-state index in [1.54, 1.807) is 11.3 Å². The van der Waals surface area contributed by atoms with Gasteiger partial charge >= 0.3 is 0 Å². The van der Waals surface area contributed by atoms with Crippen molar-refractivity contribution in [2.24, 2.45) is 0 Å². The number of aliphatic hydroxyl groups excluding tert-OH is 2. The van der Waals surface area contributed by atoms with Crippen LogP contribution in [0.25, 0.3) is 10.4 Å². The van der Waals surface area contributed by atoms with E-state index in [4.69, 9.17) is 0 Å². The Hall–Kier alpha value is -3.33. The van der Waals surface area contributed by atoms with Crippen LogP contribution in [0.15, 0.2) is 77.7 Å². The number of benzene rings is 2. The minimum Gasteiger partial charge on any atom is -0.380 e. The first-order valence-corrected chi connectivity index (χ1v) is 13.8. The van der Waals surface area contributed by atoms with Crippen molar-refractivity contribution in [1.82, 2.24) is 10.2 Å². The minimum atomic E-state index is -1.92. The third-order valence-corrected chi connectivity index (χ3v) is 8.19. The zero-order chi connectivity index (χ0) is 26.6. The van der Waals surface area contributed by atoms with Crippen molar-refractivity contribution in [1.29, 1.82) is 0 Å². The molecule has 0 bridgehead atoms. The van der Waals surface area contributed by atoms with E-state index in [2.05, 4.69) is 5.32 Å². The van der Waals surface area contributed by atoms with Gasteiger partial charge in [0.1, 0.15) is 6.17 Å². The molecule has 2 heterocycles. The first-order chi connectivity index (χ1) is 18.4. The van der Waals surface area contributed by atoms with Crippen molar-refractivity contribution in [3.63, 3.8) is 0 Å². The second-order valence-corrected chi connectivity index (χ2v) is 10.9. The summed E-state index contributed by atoms with van der Waals surface area (Å²) in [6.45, 7) is 0.389. The van der Waals surface area contributed by atoms with Gasteiger partial charge in [0.05, 0.1) is 6.04 Å². The van der Waals surface area contributed by atoms with E-state index >= 15 is 0 Å². The van der Waals surface area contributed by atoms with Gasteiger partial charge in [0, 0.05) is 18.0 Å². The Morgan fingerprint density at radius 3 is 2.61 bits per heavy atom. The number of rotatable bonds is 7. The fraction of sp³-hybridized carbons (Fsp3) is 0.333. The minimum absolute atomic E-state index is 0.149. The fourth-order valence-corrected chi connectivity index (χ4v) is 5.93. The molecule has 0 spiro atoms. The van der Waals surface area contributed by atoms with Crippen LogP contribution >= 0.6 is 11.3 Å². The predicted molar refractivity (Wildman–Crippen MR) is 145 cm³/mol. The maximum absolute atomic E-state index is 14.0. The first-order valence-electron chi connectivity index (χ1n) is 12.9. The monoisotopic (exact) mass is 534 g/mol. The van der Waals surface area contributed by atoms with Crippen LogP contribution in [-0.4, -0.2) is 45.3 Å². The highest BCUT2D eigenvalue weighted by Gasteiger charge is 2.39. The van der Waals surface area contributed by atoms with Crippen LogP contribution in [0.5, 0.6) is 0 Å². The van der Waals surface area contributed by atoms with Gasteiger partial charge in [-0.1, -0.05) is 66.2 Å². The lowest BCUT2D eigenvalue weighted by Gasteiger charge is -2.28. The molecule has 0 saturated heterocycles. The lowest BCUT2D eigenvalue weighted by atomic mass is 9.90. The van der Waals surface area contributed by atoms with Gasteiger partial charge in [-0.05, 0) is 59.4 Å². The van der Waals surface area contributed by atoms with E-state index in [0.29, 0.717) is 12.8 Å². The van der Waals surface area contributed by atoms with Crippen molar-refractivity contribution >= 4 is 23.2 Å². The zero-order valence-electron chi connectivity index (χ0n) is 20.9. The molecule has 4 atom stereocenters. The molecule has 3 aromatic rings. The average Bonchev–Trinajstić information content (AvgIpc) is 3.60. The summed E-state index contributed by atoms with van der Waals surface area (Å²) in [4.78, 5) is 28.6. The molecule has 38 heavy (non-hydrogen) atoms. The van der Waals surface area contributed by atoms with Gasteiger partial charge in [-0.25, -0.2) is 4.39 Å². The Balaban J connectivity index is 1.24. The number of amides is 2. The van der Waals surface area contributed by atoms with Crippen LogP contribution < -0.4 is 5.32 Å². The Morgan fingerprint density at radius 2 is 1.87 bits per heavy atom. The van der Waals surface area contributed by atoms with Crippen molar-refractivity contribution in [3.8, 4) is 10.4 Å². The van der Waals surface area contributed by atoms with E-state index < -0.39 is 36.2 Å². The molecule has 198 valence electrons. The lowest BCUT2D eigenvalue weighted by Crippen LogP contribution is -2.50. The number of halogens is 1. The Labute approximate surface area is 225 Å². The maximum Gasteiger partial charge on any atom is 0.255 e. The second-order valence-electron chi connectivity index (χ2n) is 9.91. The Kier molecular flexibility index (Phi) is 8.02. The van der Waals surface area contributed by atoms with E-state index in [-0.39, 0.29) is 13.1 Å². The molecule has 1 aliphatic carbocycles. The van der Waals surface area contributed by atoms with Crippen molar-refractivity contribution in [2.75, 3.05) is 0 Å². The summed E-state index contributed by atoms with van der Waals surface area (Å²) in [5.74, 6) is -1.56. The summed E-state index contributed by atoms with van der Waals surface area (Å²) >= 11 is 1.64. The molecule has 6 nitrogen and oxygen atoms in total. The van der Waals surface area contributed by atoms with Crippen LogP contribution in [0.1, 0.15) is 48.4 Å². The topological polar surface area (TPSA) is 89.9 Å². The fourth-order valence-electron chi connectivity index (χ4n) is 5.20. The number of allylic oxidation sites excluding steroid dienone is 1. The average molecular weight is 535 g/mol. The molecule has 8 heteroatoms. The maximum atomic E-state index is 14.0. The highest BCUT2D eigenvalue weighted by Crippen LogP contribution is 2.38. The van der Waals surface area contributed by atoms with Crippen LogP contribution in [0, 0.1) is 0 Å². The van der Waals surface area contributed by atoms with Crippen molar-refractivity contribution in [3.05, 3.63) is 94.4 Å². The molecule has 1 saturated carbocycles. The number of carbonyl (C=O) groups is 2. The van der Waals surface area contributed by atoms with E-state index in [9.17, 15) is 24.2 Å². The molecule has 1 aliphatic heterocycles. The molecule has 3 N–H and O–H groups in total. The van der Waals surface area contributed by atoms with Crippen LogP contribution in [0.3, 0.4) is 0 Å². The molecule has 2 amide bonds. The SMILES string of the molecule is O=C(NCc1ccc(-c2cccs2)cc1)[C@H](O)[C@@H](O)C(=O)N1Cc2ccccc2C1C=C1CCCC(F)C1. The van der Waals surface area contributed by atoms with Gasteiger partial charge in [-0.3, -0.25) is 9.59 Å². The molecule has 1 fully saturated rings. The summed E-state index contributed by atoms with van der Waals surface area (Å²) in [6.07, 6.45) is -0.423. The lowest BCUT2D eigenvalue weighted by molar-refractivity contribution is -0.154. The van der Waals surface area contributed by atoms with Crippen molar-refractivity contribution in [2.45, 2.75) is 63.2 Å². The number of hydrogen-bond acceptors (Lipinski definition) is 5. The summed E-state index contributed by atoms with van der Waals surface area (Å²) in [5, 5.41) is 25.9. The van der Waals surface area contributed by atoms with E-state index in [1.807, 2.05) is 72.1 Å². The van der Waals surface area contributed by atoms with E-state index in [0.717, 1.165) is 45.5 Å². The normalized spacial score (nSPS) is 21.7. The number of thiophene rings is 1. The number of carbonyl (C=O) groups excluding carboxylic acids is 2. The van der Waals surface area contributed by atoms with E-state index in [1.165, 1.54) is 4.90 Å². The van der Waals surface area contributed by atoms with Crippen LogP contribution in [0.4, 0.5) is 4.39 Å². The largest absolute Gasteiger partial charge is 0.380 e. The zero-order valence-corrected chi connectivity index (χ0v) is 21.7. The molecular formula is C30H31FN2O4S. The van der Waals surface area contributed by atoms with Gasteiger partial charge in [-0.15, -0.1) is 11.3 Å². The highest BCUT2D eigenvalue weighted by atomic mass is 32.1. The molecule has 2 aliphatic rings. The second kappa shape index (κ2) is 11.6.